The minimum atomic E-state index is -0.760. The zero-order valence-corrected chi connectivity index (χ0v) is 43.0. The van der Waals surface area contributed by atoms with Crippen LogP contribution in [0.15, 0.2) is 0 Å². The molecule has 0 aliphatic carbocycles. The van der Waals surface area contributed by atoms with Crippen LogP contribution in [0.4, 0.5) is 0 Å². The lowest BCUT2D eigenvalue weighted by Crippen LogP contribution is -2.30. The van der Waals surface area contributed by atoms with E-state index in [-0.39, 0.29) is 31.1 Å². The maximum absolute atomic E-state index is 12.8. The minimum Gasteiger partial charge on any atom is -0.462 e. The molecule has 6 nitrogen and oxygen atoms in total. The molecule has 0 amide bonds. The normalized spacial score (nSPS) is 12.0. The second-order valence-corrected chi connectivity index (χ2v) is 20.1. The molecule has 0 aromatic heterocycles. The maximum Gasteiger partial charge on any atom is 0.306 e. The number of hydrogen-bond donors (Lipinski definition) is 0. The standard InChI is InChI=1S/C57H110O6/c1-5-7-9-11-13-15-17-24-30-34-38-42-46-50-57(60)63-54(51-61-55(58)48-44-40-36-32-27-16-14-12-10-8-6-2)52-62-56(59)49-45-41-37-33-29-26-23-21-19-18-20-22-25-28-31-35-39-43-47-53(3)4/h53-54H,5-52H2,1-4H3/t54-/m1/s1. The van der Waals surface area contributed by atoms with Crippen molar-refractivity contribution in [1.82, 2.24) is 0 Å². The highest BCUT2D eigenvalue weighted by atomic mass is 16.6. The second kappa shape index (κ2) is 51.4. The quantitative estimate of drug-likeness (QED) is 0.0344. The van der Waals surface area contributed by atoms with Gasteiger partial charge in [0, 0.05) is 19.3 Å². The average Bonchev–Trinajstić information content (AvgIpc) is 3.27. The first-order chi connectivity index (χ1) is 30.9. The molecule has 0 aliphatic heterocycles. The van der Waals surface area contributed by atoms with E-state index in [0.29, 0.717) is 19.3 Å². The van der Waals surface area contributed by atoms with Gasteiger partial charge in [0.1, 0.15) is 13.2 Å². The van der Waals surface area contributed by atoms with Crippen molar-refractivity contribution in [2.75, 3.05) is 13.2 Å². The molecular weight excluding hydrogens is 781 g/mol. The molecule has 0 aromatic carbocycles. The summed E-state index contributed by atoms with van der Waals surface area (Å²) >= 11 is 0. The van der Waals surface area contributed by atoms with E-state index >= 15 is 0 Å². The third kappa shape index (κ3) is 51.3. The molecule has 374 valence electrons. The molecule has 0 fully saturated rings. The molecule has 0 rings (SSSR count). The first kappa shape index (κ1) is 61.4. The van der Waals surface area contributed by atoms with Crippen molar-refractivity contribution in [3.8, 4) is 0 Å². The third-order valence-corrected chi connectivity index (χ3v) is 13.0. The van der Waals surface area contributed by atoms with Crippen LogP contribution >= 0.6 is 0 Å². The summed E-state index contributed by atoms with van der Waals surface area (Å²) in [6.07, 6.45) is 55.2. The van der Waals surface area contributed by atoms with Crippen LogP contribution in [0.1, 0.15) is 323 Å². The van der Waals surface area contributed by atoms with E-state index in [2.05, 4.69) is 27.7 Å². The Kier molecular flexibility index (Phi) is 50.1. The van der Waals surface area contributed by atoms with Gasteiger partial charge < -0.3 is 14.2 Å². The van der Waals surface area contributed by atoms with Gasteiger partial charge in [-0.1, -0.05) is 285 Å². The number of unbranched alkanes of at least 4 members (excludes halogenated alkanes) is 39. The molecule has 63 heavy (non-hydrogen) atoms. The smallest absolute Gasteiger partial charge is 0.306 e. The average molecular weight is 892 g/mol. The highest BCUT2D eigenvalue weighted by Crippen LogP contribution is 2.18. The molecule has 0 unspecified atom stereocenters. The topological polar surface area (TPSA) is 78.9 Å². The zero-order chi connectivity index (χ0) is 45.9. The summed E-state index contributed by atoms with van der Waals surface area (Å²) in [5, 5.41) is 0. The monoisotopic (exact) mass is 891 g/mol. The first-order valence-electron chi connectivity index (χ1n) is 28.4. The molecule has 0 saturated carbocycles. The van der Waals surface area contributed by atoms with E-state index in [9.17, 15) is 14.4 Å². The second-order valence-electron chi connectivity index (χ2n) is 20.1. The van der Waals surface area contributed by atoms with Crippen molar-refractivity contribution in [2.24, 2.45) is 5.92 Å². The number of ether oxygens (including phenoxy) is 3. The fourth-order valence-electron chi connectivity index (χ4n) is 8.75. The summed E-state index contributed by atoms with van der Waals surface area (Å²) in [6.45, 7) is 9.06. The van der Waals surface area contributed by atoms with Gasteiger partial charge in [-0.15, -0.1) is 0 Å². The molecule has 0 spiro atoms. The van der Waals surface area contributed by atoms with E-state index in [1.165, 1.54) is 218 Å². The molecule has 0 N–H and O–H groups in total. The van der Waals surface area contributed by atoms with E-state index in [4.69, 9.17) is 14.2 Å². The van der Waals surface area contributed by atoms with Crippen molar-refractivity contribution >= 4 is 17.9 Å². The Morgan fingerprint density at radius 1 is 0.302 bits per heavy atom. The van der Waals surface area contributed by atoms with Crippen molar-refractivity contribution in [2.45, 2.75) is 329 Å². The summed E-state index contributed by atoms with van der Waals surface area (Å²) in [7, 11) is 0. The molecule has 6 heteroatoms. The molecular formula is C57H110O6. The van der Waals surface area contributed by atoms with Gasteiger partial charge in [-0.25, -0.2) is 0 Å². The largest absolute Gasteiger partial charge is 0.462 e. The zero-order valence-electron chi connectivity index (χ0n) is 43.0. The van der Waals surface area contributed by atoms with Crippen molar-refractivity contribution < 1.29 is 28.6 Å². The fraction of sp³-hybridized carbons (Fsp3) is 0.947. The van der Waals surface area contributed by atoms with Gasteiger partial charge in [0.25, 0.3) is 0 Å². The summed E-state index contributed by atoms with van der Waals surface area (Å²) in [4.78, 5) is 38.0. The van der Waals surface area contributed by atoms with Crippen LogP contribution in [0.5, 0.6) is 0 Å². The molecule has 0 aliphatic rings. The highest BCUT2D eigenvalue weighted by molar-refractivity contribution is 5.71. The Bertz CT molecular complexity index is 949. The summed E-state index contributed by atoms with van der Waals surface area (Å²) in [5.74, 6) is 0.0209. The van der Waals surface area contributed by atoms with Crippen LogP contribution in [0.3, 0.4) is 0 Å². The number of esters is 3. The lowest BCUT2D eigenvalue weighted by molar-refractivity contribution is -0.167. The van der Waals surface area contributed by atoms with Gasteiger partial charge >= 0.3 is 17.9 Å². The Labute approximate surface area is 393 Å². The highest BCUT2D eigenvalue weighted by Gasteiger charge is 2.19. The molecule has 0 saturated heterocycles. The van der Waals surface area contributed by atoms with Crippen LogP contribution in [0.2, 0.25) is 0 Å². The van der Waals surface area contributed by atoms with Gasteiger partial charge in [0.05, 0.1) is 0 Å². The summed E-state index contributed by atoms with van der Waals surface area (Å²) in [6, 6.07) is 0. The first-order valence-corrected chi connectivity index (χ1v) is 28.4. The molecule has 0 radical (unpaired) electrons. The van der Waals surface area contributed by atoms with Gasteiger partial charge in [-0.3, -0.25) is 14.4 Å². The Hall–Kier alpha value is -1.59. The van der Waals surface area contributed by atoms with Gasteiger partial charge in [-0.05, 0) is 25.2 Å². The fourth-order valence-corrected chi connectivity index (χ4v) is 8.75. The lowest BCUT2D eigenvalue weighted by atomic mass is 10.0. The minimum absolute atomic E-state index is 0.0619. The molecule has 0 bridgehead atoms. The van der Waals surface area contributed by atoms with Crippen molar-refractivity contribution in [3.63, 3.8) is 0 Å². The predicted octanol–water partition coefficient (Wildman–Crippen LogP) is 18.6. The van der Waals surface area contributed by atoms with Crippen LogP contribution in [-0.4, -0.2) is 37.2 Å². The van der Waals surface area contributed by atoms with Crippen molar-refractivity contribution in [3.05, 3.63) is 0 Å². The van der Waals surface area contributed by atoms with Crippen molar-refractivity contribution in [1.29, 1.82) is 0 Å². The van der Waals surface area contributed by atoms with Crippen LogP contribution < -0.4 is 0 Å². The van der Waals surface area contributed by atoms with Crippen LogP contribution in [0, 0.1) is 5.92 Å². The number of carbonyl (C=O) groups excluding carboxylic acids is 3. The number of rotatable bonds is 52. The van der Waals surface area contributed by atoms with Gasteiger partial charge in [0.15, 0.2) is 6.10 Å². The van der Waals surface area contributed by atoms with Gasteiger partial charge in [0.2, 0.25) is 0 Å². The molecule has 0 aromatic rings. The summed E-state index contributed by atoms with van der Waals surface area (Å²) < 4.78 is 16.8. The number of carbonyl (C=O) groups is 3. The maximum atomic E-state index is 12.8. The van der Waals surface area contributed by atoms with E-state index in [1.807, 2.05) is 0 Å². The van der Waals surface area contributed by atoms with E-state index in [1.54, 1.807) is 0 Å². The molecule has 0 heterocycles. The van der Waals surface area contributed by atoms with Crippen LogP contribution in [-0.2, 0) is 28.6 Å². The van der Waals surface area contributed by atoms with E-state index < -0.39 is 6.10 Å². The molecule has 1 atom stereocenters. The Morgan fingerprint density at radius 2 is 0.524 bits per heavy atom. The lowest BCUT2D eigenvalue weighted by Gasteiger charge is -2.18. The number of hydrogen-bond acceptors (Lipinski definition) is 6. The van der Waals surface area contributed by atoms with Crippen LogP contribution in [0.25, 0.3) is 0 Å². The van der Waals surface area contributed by atoms with E-state index in [0.717, 1.165) is 63.7 Å². The predicted molar refractivity (Wildman–Crippen MR) is 270 cm³/mol. The third-order valence-electron chi connectivity index (χ3n) is 13.0. The SMILES string of the molecule is CCCCCCCCCCCCCCCC(=O)O[C@H](COC(=O)CCCCCCCCCCCCC)COC(=O)CCCCCCCCCCCCCCCCCCCCC(C)C. The Morgan fingerprint density at radius 3 is 0.778 bits per heavy atom. The Balaban J connectivity index is 4.20. The summed E-state index contributed by atoms with van der Waals surface area (Å²) in [5.41, 5.74) is 0. The van der Waals surface area contributed by atoms with Gasteiger partial charge in [-0.2, -0.15) is 0 Å².